The number of likely N-dealkylation sites (tertiary alicyclic amines) is 1. The second-order valence-electron chi connectivity index (χ2n) is 11.5. The Balaban J connectivity index is 1.09. The average molecular weight is 635 g/mol. The van der Waals surface area contributed by atoms with Gasteiger partial charge in [0.05, 0.1) is 39.4 Å². The number of anilines is 1. The molecule has 2 aliphatic rings. The fourth-order valence-corrected chi connectivity index (χ4v) is 6.29. The number of hydrogen-bond donors (Lipinski definition) is 5. The van der Waals surface area contributed by atoms with Gasteiger partial charge in [0.25, 0.3) is 0 Å². The fraction of sp³-hybridized carbons (Fsp3) is 0.375. The first-order valence-corrected chi connectivity index (χ1v) is 15.8. The molecule has 4 heterocycles. The van der Waals surface area contributed by atoms with Gasteiger partial charge in [-0.3, -0.25) is 19.7 Å². The zero-order chi connectivity index (χ0) is 31.3. The Morgan fingerprint density at radius 1 is 1.11 bits per heavy atom. The molecule has 4 aromatic rings. The van der Waals surface area contributed by atoms with Crippen molar-refractivity contribution in [3.05, 3.63) is 66.2 Å². The number of thiophene rings is 1. The molecule has 45 heavy (non-hydrogen) atoms. The number of hydrogen-bond acceptors (Lipinski definition) is 9. The Labute approximate surface area is 263 Å². The number of aromatic nitrogens is 2. The van der Waals surface area contributed by atoms with Crippen molar-refractivity contribution in [1.29, 1.82) is 0 Å². The number of amides is 3. The van der Waals surface area contributed by atoms with E-state index in [2.05, 4.69) is 30.8 Å². The molecule has 1 saturated heterocycles. The first-order valence-electron chi connectivity index (χ1n) is 15.0. The van der Waals surface area contributed by atoms with Crippen LogP contribution in [0.5, 0.6) is 11.5 Å². The van der Waals surface area contributed by atoms with E-state index >= 15 is 0 Å². The van der Waals surface area contributed by atoms with Crippen molar-refractivity contribution in [2.45, 2.75) is 44.4 Å². The van der Waals surface area contributed by atoms with Gasteiger partial charge in [0.2, 0.25) is 5.91 Å². The van der Waals surface area contributed by atoms with Crippen LogP contribution >= 0.6 is 11.3 Å². The maximum Gasteiger partial charge on any atom is 0.319 e. The molecule has 236 valence electrons. The Bertz CT molecular complexity index is 1660. The van der Waals surface area contributed by atoms with E-state index in [9.17, 15) is 19.1 Å². The summed E-state index contributed by atoms with van der Waals surface area (Å²) in [6, 6.07) is 11.8. The van der Waals surface area contributed by atoms with Crippen LogP contribution in [0.2, 0.25) is 0 Å². The number of benzene rings is 1. The number of urea groups is 1. The first-order chi connectivity index (χ1) is 21.8. The summed E-state index contributed by atoms with van der Waals surface area (Å²) in [4.78, 5) is 36.8. The van der Waals surface area contributed by atoms with E-state index in [4.69, 9.17) is 9.84 Å². The zero-order valence-corrected chi connectivity index (χ0v) is 25.4. The number of aliphatic hydroxyl groups excluding tert-OH is 2. The lowest BCUT2D eigenvalue weighted by molar-refractivity contribution is -0.127. The quantitative estimate of drug-likeness (QED) is 0.164. The van der Waals surface area contributed by atoms with Crippen LogP contribution in [-0.2, 0) is 11.3 Å². The zero-order valence-electron chi connectivity index (χ0n) is 24.5. The summed E-state index contributed by atoms with van der Waals surface area (Å²) >= 11 is 1.45. The van der Waals surface area contributed by atoms with Crippen LogP contribution in [0.3, 0.4) is 0 Å². The van der Waals surface area contributed by atoms with Crippen LogP contribution in [0, 0.1) is 11.7 Å². The van der Waals surface area contributed by atoms with Gasteiger partial charge in [0.1, 0.15) is 5.75 Å². The molecule has 13 heteroatoms. The highest BCUT2D eigenvalue weighted by Gasteiger charge is 2.26. The third kappa shape index (κ3) is 7.92. The van der Waals surface area contributed by atoms with Crippen molar-refractivity contribution in [2.24, 2.45) is 5.92 Å². The molecule has 1 aliphatic carbocycles. The van der Waals surface area contributed by atoms with E-state index in [1.54, 1.807) is 18.3 Å². The largest absolute Gasteiger partial charge is 0.453 e. The number of aliphatic hydroxyl groups is 2. The second kappa shape index (κ2) is 13.9. The van der Waals surface area contributed by atoms with Crippen LogP contribution < -0.4 is 20.7 Å². The van der Waals surface area contributed by atoms with Gasteiger partial charge >= 0.3 is 6.03 Å². The van der Waals surface area contributed by atoms with E-state index < -0.39 is 11.9 Å². The number of carbonyl (C=O) groups excluding carboxylic acids is 2. The third-order valence-electron chi connectivity index (χ3n) is 7.78. The minimum absolute atomic E-state index is 0.0354. The Morgan fingerprint density at radius 3 is 2.73 bits per heavy atom. The third-order valence-corrected chi connectivity index (χ3v) is 8.94. The number of piperidine rings is 1. The van der Waals surface area contributed by atoms with Gasteiger partial charge < -0.3 is 30.9 Å². The maximum absolute atomic E-state index is 14.9. The molecule has 1 aromatic carbocycles. The second-order valence-corrected chi connectivity index (χ2v) is 12.5. The van der Waals surface area contributed by atoms with Crippen LogP contribution in [0.25, 0.3) is 20.8 Å². The number of fused-ring (bicyclic) bond motifs is 1. The Kier molecular flexibility index (Phi) is 9.50. The van der Waals surface area contributed by atoms with Gasteiger partial charge in [-0.15, -0.1) is 11.3 Å². The maximum atomic E-state index is 14.9. The molecule has 0 radical (unpaired) electrons. The lowest BCUT2D eigenvalue weighted by atomic mass is 9.96. The van der Waals surface area contributed by atoms with Crippen molar-refractivity contribution < 1.29 is 28.9 Å². The molecule has 1 aliphatic heterocycles. The van der Waals surface area contributed by atoms with E-state index in [0.29, 0.717) is 30.0 Å². The van der Waals surface area contributed by atoms with Crippen molar-refractivity contribution >= 4 is 39.2 Å². The molecular formula is C32H35FN6O5S. The highest BCUT2D eigenvalue weighted by atomic mass is 32.1. The van der Waals surface area contributed by atoms with Crippen LogP contribution in [0.4, 0.5) is 14.9 Å². The molecule has 11 nitrogen and oxygen atoms in total. The van der Waals surface area contributed by atoms with E-state index in [1.165, 1.54) is 23.5 Å². The highest BCUT2D eigenvalue weighted by Crippen LogP contribution is 2.39. The number of nitrogens with one attached hydrogen (secondary N) is 3. The van der Waals surface area contributed by atoms with Crippen molar-refractivity contribution in [1.82, 2.24) is 25.5 Å². The molecule has 6 rings (SSSR count). The summed E-state index contributed by atoms with van der Waals surface area (Å²) in [6.45, 7) is 1.81. The number of nitrogens with zero attached hydrogens (tertiary/aromatic N) is 3. The molecule has 0 spiro atoms. The molecule has 5 N–H and O–H groups in total. The fourth-order valence-electron chi connectivity index (χ4n) is 5.24. The van der Waals surface area contributed by atoms with Crippen LogP contribution in [0.1, 0.15) is 31.2 Å². The summed E-state index contributed by atoms with van der Waals surface area (Å²) in [5.41, 5.74) is 2.85. The number of carbonyl (C=O) groups is 2. The number of pyridine rings is 2. The van der Waals surface area contributed by atoms with E-state index in [-0.39, 0.29) is 42.8 Å². The van der Waals surface area contributed by atoms with E-state index in [1.807, 2.05) is 24.4 Å². The summed E-state index contributed by atoms with van der Waals surface area (Å²) in [6.07, 6.45) is 6.10. The summed E-state index contributed by atoms with van der Waals surface area (Å²) in [5, 5.41) is 26.7. The average Bonchev–Trinajstić information content (AvgIpc) is 3.74. The Hall–Kier alpha value is -4.17. The molecule has 1 saturated carbocycles. The molecule has 3 aromatic heterocycles. The van der Waals surface area contributed by atoms with Gasteiger partial charge in [0.15, 0.2) is 11.6 Å². The lowest BCUT2D eigenvalue weighted by Gasteiger charge is -2.32. The summed E-state index contributed by atoms with van der Waals surface area (Å²) in [7, 11) is 0. The normalized spacial score (nSPS) is 17.5. The smallest absolute Gasteiger partial charge is 0.319 e. The molecular weight excluding hydrogens is 599 g/mol. The van der Waals surface area contributed by atoms with E-state index in [0.717, 1.165) is 53.1 Å². The summed E-state index contributed by atoms with van der Waals surface area (Å²) < 4.78 is 21.6. The van der Waals surface area contributed by atoms with Crippen LogP contribution in [-0.4, -0.2) is 75.4 Å². The Morgan fingerprint density at radius 2 is 1.98 bits per heavy atom. The van der Waals surface area contributed by atoms with Gasteiger partial charge in [-0.25, -0.2) is 9.18 Å². The van der Waals surface area contributed by atoms with Gasteiger partial charge in [0, 0.05) is 55.9 Å². The molecule has 3 amide bonds. The number of halogens is 1. The van der Waals surface area contributed by atoms with Gasteiger partial charge in [-0.2, -0.15) is 0 Å². The van der Waals surface area contributed by atoms with Crippen molar-refractivity contribution in [3.8, 4) is 22.1 Å². The predicted octanol–water partition coefficient (Wildman–Crippen LogP) is 4.26. The first kappa shape index (κ1) is 30.8. The topological polar surface area (TPSA) is 149 Å². The van der Waals surface area contributed by atoms with Gasteiger partial charge in [-0.1, -0.05) is 6.07 Å². The highest BCUT2D eigenvalue weighted by molar-refractivity contribution is 7.22. The SMILES string of the molecule is O=C(Nc1ccc(Oc2ccnc3cc(-c4ccc(CN5CCCC(C(=O)NC[C@@H](O)CO)C5)cn4)sc23)c(F)c1)NC1CC1. The predicted molar refractivity (Wildman–Crippen MR) is 169 cm³/mol. The lowest BCUT2D eigenvalue weighted by Crippen LogP contribution is -2.44. The molecule has 2 fully saturated rings. The molecule has 0 bridgehead atoms. The molecule has 1 unspecified atom stereocenters. The number of rotatable bonds is 11. The van der Waals surface area contributed by atoms with Crippen molar-refractivity contribution in [2.75, 3.05) is 31.6 Å². The monoisotopic (exact) mass is 634 g/mol. The minimum atomic E-state index is -0.954. The molecule has 2 atom stereocenters. The van der Waals surface area contributed by atoms with Crippen molar-refractivity contribution in [3.63, 3.8) is 0 Å². The van der Waals surface area contributed by atoms with Gasteiger partial charge in [-0.05, 0) is 62.1 Å². The summed E-state index contributed by atoms with van der Waals surface area (Å²) in [5.74, 6) is -0.366. The minimum Gasteiger partial charge on any atom is -0.453 e. The standard InChI is InChI=1S/C32H35FN6O5S/c33-24-12-22(38-32(43)37-21-4-5-21)6-8-27(24)44-28-9-10-34-26-13-29(45-30(26)28)25-7-3-19(14-35-25)16-39-11-1-2-20(17-39)31(42)36-15-23(41)18-40/h3,6-10,12-14,20-21,23,40-41H,1-2,4-5,11,15-18H2,(H,36,42)(H2,37,38,43)/t20?,23-/m1/s1. The number of ether oxygens (including phenoxy) is 1. The van der Waals surface area contributed by atoms with Crippen LogP contribution in [0.15, 0.2) is 54.9 Å².